The van der Waals surface area contributed by atoms with Crippen LogP contribution >= 0.6 is 0 Å². The highest BCUT2D eigenvalue weighted by Crippen LogP contribution is 2.45. The van der Waals surface area contributed by atoms with Gasteiger partial charge in [-0.1, -0.05) is 42.5 Å². The van der Waals surface area contributed by atoms with Gasteiger partial charge in [0.2, 0.25) is 0 Å². The molecule has 2 aromatic carbocycles. The van der Waals surface area contributed by atoms with Crippen LogP contribution in [0.2, 0.25) is 0 Å². The summed E-state index contributed by atoms with van der Waals surface area (Å²) in [7, 11) is 0. The summed E-state index contributed by atoms with van der Waals surface area (Å²) in [6, 6.07) is 17.5. The highest BCUT2D eigenvalue weighted by molar-refractivity contribution is 5.73. The topological polar surface area (TPSA) is 29.3 Å². The second-order valence-corrected chi connectivity index (χ2v) is 5.29. The molecule has 2 aromatic rings. The van der Waals surface area contributed by atoms with E-state index in [-0.39, 0.29) is 0 Å². The lowest BCUT2D eigenvalue weighted by Crippen LogP contribution is -2.17. The zero-order valence-electron chi connectivity index (χ0n) is 10.7. The largest absolute Gasteiger partial charge is 0.399 e. The van der Waals surface area contributed by atoms with Crippen LogP contribution in [0.3, 0.4) is 0 Å². The molecule has 0 saturated carbocycles. The van der Waals surface area contributed by atoms with Crippen LogP contribution in [-0.2, 0) is 6.54 Å². The highest BCUT2D eigenvalue weighted by Gasteiger charge is 2.33. The molecule has 19 heavy (non-hydrogen) atoms. The summed E-state index contributed by atoms with van der Waals surface area (Å²) in [4.78, 5) is 2.51. The fraction of sp³-hybridized carbons (Fsp3) is 0.176. The number of nitrogens with two attached hydrogens (primary N) is 1. The van der Waals surface area contributed by atoms with Crippen LogP contribution in [0, 0.1) is 0 Å². The summed E-state index contributed by atoms with van der Waals surface area (Å²) in [5.74, 6) is 0. The third-order valence-electron chi connectivity index (χ3n) is 4.18. The Labute approximate surface area is 113 Å². The van der Waals surface area contributed by atoms with E-state index in [4.69, 9.17) is 5.73 Å². The van der Waals surface area contributed by atoms with Crippen LogP contribution in [0.1, 0.15) is 29.2 Å². The molecule has 0 fully saturated rings. The van der Waals surface area contributed by atoms with Crippen LogP contribution in [0.4, 0.5) is 5.69 Å². The Kier molecular flexibility index (Phi) is 2.18. The molecular weight excluding hydrogens is 232 g/mol. The number of hydrogen-bond acceptors (Lipinski definition) is 2. The van der Waals surface area contributed by atoms with Crippen molar-refractivity contribution in [1.82, 2.24) is 4.90 Å². The maximum Gasteiger partial charge on any atom is 0.0581 e. The molecule has 0 saturated heterocycles. The van der Waals surface area contributed by atoms with E-state index in [0.29, 0.717) is 6.04 Å². The van der Waals surface area contributed by atoms with Crippen LogP contribution in [-0.4, -0.2) is 4.90 Å². The van der Waals surface area contributed by atoms with Gasteiger partial charge in [0.05, 0.1) is 6.04 Å². The van der Waals surface area contributed by atoms with Crippen molar-refractivity contribution in [3.63, 3.8) is 0 Å². The fourth-order valence-corrected chi connectivity index (χ4v) is 3.22. The van der Waals surface area contributed by atoms with Gasteiger partial charge < -0.3 is 10.6 Å². The Morgan fingerprint density at radius 3 is 2.63 bits per heavy atom. The number of nitrogens with zero attached hydrogens (tertiary/aromatic N) is 1. The van der Waals surface area contributed by atoms with Crippen molar-refractivity contribution in [3.8, 4) is 0 Å². The zero-order chi connectivity index (χ0) is 12.8. The van der Waals surface area contributed by atoms with Crippen LogP contribution in [0.5, 0.6) is 0 Å². The minimum absolute atomic E-state index is 0.461. The molecule has 0 radical (unpaired) electrons. The van der Waals surface area contributed by atoms with Gasteiger partial charge in [-0.2, -0.15) is 0 Å². The lowest BCUT2D eigenvalue weighted by molar-refractivity contribution is 0.327. The lowest BCUT2D eigenvalue weighted by Gasteiger charge is -2.25. The average Bonchev–Trinajstić information content (AvgIpc) is 2.98. The molecular formula is C17H16N2. The predicted octanol–water partition coefficient (Wildman–Crippen LogP) is 3.57. The number of hydrogen-bond donors (Lipinski definition) is 1. The van der Waals surface area contributed by atoms with Crippen molar-refractivity contribution in [3.05, 3.63) is 71.3 Å². The Morgan fingerprint density at radius 1 is 1.00 bits per heavy atom. The minimum Gasteiger partial charge on any atom is -0.399 e. The van der Waals surface area contributed by atoms with Gasteiger partial charge in [-0.05, 0) is 29.7 Å². The summed E-state index contributed by atoms with van der Waals surface area (Å²) in [5.41, 5.74) is 12.2. The lowest BCUT2D eigenvalue weighted by atomic mass is 10.0. The molecule has 2 aliphatic rings. The molecule has 94 valence electrons. The normalized spacial score (nSPS) is 20.1. The van der Waals surface area contributed by atoms with Gasteiger partial charge in [-0.15, -0.1) is 0 Å². The van der Waals surface area contributed by atoms with Gasteiger partial charge in [-0.25, -0.2) is 0 Å². The third-order valence-corrected chi connectivity index (χ3v) is 4.18. The predicted molar refractivity (Wildman–Crippen MR) is 78.2 cm³/mol. The van der Waals surface area contributed by atoms with Crippen molar-refractivity contribution in [1.29, 1.82) is 0 Å². The summed E-state index contributed by atoms with van der Waals surface area (Å²) >= 11 is 0. The molecule has 2 nitrogen and oxygen atoms in total. The van der Waals surface area contributed by atoms with E-state index in [1.807, 2.05) is 12.1 Å². The molecule has 2 heterocycles. The van der Waals surface area contributed by atoms with Gasteiger partial charge in [0.1, 0.15) is 0 Å². The molecule has 2 aliphatic heterocycles. The number of benzene rings is 2. The maximum atomic E-state index is 5.77. The molecule has 0 bridgehead atoms. The quantitative estimate of drug-likeness (QED) is 0.782. The first-order valence-corrected chi connectivity index (χ1v) is 6.73. The molecule has 2 heteroatoms. The summed E-state index contributed by atoms with van der Waals surface area (Å²) in [5, 5.41) is 0. The molecule has 0 aliphatic carbocycles. The fourth-order valence-electron chi connectivity index (χ4n) is 3.22. The van der Waals surface area contributed by atoms with Crippen LogP contribution in [0.15, 0.2) is 54.6 Å². The standard InChI is InChI=1S/C17H16N2/c18-14-7-5-12(6-8-14)16-9-10-17-15-4-2-1-3-13(15)11-19(16)17/h1-8,10,16H,9,11,18H2. The van der Waals surface area contributed by atoms with E-state index in [1.54, 1.807) is 0 Å². The van der Waals surface area contributed by atoms with E-state index < -0.39 is 0 Å². The van der Waals surface area contributed by atoms with Gasteiger partial charge in [0.25, 0.3) is 0 Å². The molecule has 1 atom stereocenters. The van der Waals surface area contributed by atoms with Gasteiger partial charge in [0.15, 0.2) is 0 Å². The third kappa shape index (κ3) is 1.56. The molecule has 0 spiro atoms. The molecule has 0 aromatic heterocycles. The second kappa shape index (κ2) is 3.89. The van der Waals surface area contributed by atoms with Crippen molar-refractivity contribution in [2.24, 2.45) is 0 Å². The molecule has 0 amide bonds. The smallest absolute Gasteiger partial charge is 0.0581 e. The summed E-state index contributed by atoms with van der Waals surface area (Å²) < 4.78 is 0. The van der Waals surface area contributed by atoms with Crippen molar-refractivity contribution >= 4 is 11.4 Å². The number of rotatable bonds is 1. The van der Waals surface area contributed by atoms with Gasteiger partial charge in [0, 0.05) is 23.5 Å². The van der Waals surface area contributed by atoms with E-state index in [9.17, 15) is 0 Å². The maximum absolute atomic E-state index is 5.77. The summed E-state index contributed by atoms with van der Waals surface area (Å²) in [6.45, 7) is 1.02. The first-order valence-electron chi connectivity index (χ1n) is 6.73. The average molecular weight is 248 g/mol. The monoisotopic (exact) mass is 248 g/mol. The Bertz CT molecular complexity index is 655. The molecule has 4 rings (SSSR count). The van der Waals surface area contributed by atoms with Crippen LogP contribution in [0.25, 0.3) is 5.70 Å². The number of nitrogen functional groups attached to an aromatic ring is 1. The van der Waals surface area contributed by atoms with Crippen LogP contribution < -0.4 is 5.73 Å². The Balaban J connectivity index is 1.70. The van der Waals surface area contributed by atoms with Crippen molar-refractivity contribution < 1.29 is 0 Å². The van der Waals surface area contributed by atoms with E-state index in [0.717, 1.165) is 18.7 Å². The Hall–Kier alpha value is -2.22. The highest BCUT2D eigenvalue weighted by atomic mass is 15.2. The summed E-state index contributed by atoms with van der Waals surface area (Å²) in [6.07, 6.45) is 3.46. The van der Waals surface area contributed by atoms with Crippen molar-refractivity contribution in [2.45, 2.75) is 19.0 Å². The minimum atomic E-state index is 0.461. The first kappa shape index (κ1) is 10.7. The molecule has 1 unspecified atom stereocenters. The van der Waals surface area contributed by atoms with E-state index in [1.165, 1.54) is 22.4 Å². The Morgan fingerprint density at radius 2 is 1.79 bits per heavy atom. The van der Waals surface area contributed by atoms with Gasteiger partial charge in [-0.3, -0.25) is 0 Å². The second-order valence-electron chi connectivity index (χ2n) is 5.29. The van der Waals surface area contributed by atoms with Gasteiger partial charge >= 0.3 is 0 Å². The number of fused-ring (bicyclic) bond motifs is 3. The number of anilines is 1. The zero-order valence-corrected chi connectivity index (χ0v) is 10.7. The van der Waals surface area contributed by atoms with E-state index >= 15 is 0 Å². The SMILES string of the molecule is Nc1ccc(C2CC=C3c4ccccc4CN32)cc1. The molecule has 2 N–H and O–H groups in total. The first-order chi connectivity index (χ1) is 9.33. The van der Waals surface area contributed by atoms with E-state index in [2.05, 4.69) is 47.4 Å². The van der Waals surface area contributed by atoms with Crippen molar-refractivity contribution in [2.75, 3.05) is 5.73 Å².